The molecule has 0 amide bonds. The van der Waals surface area contributed by atoms with E-state index in [2.05, 4.69) is 0 Å². The zero-order chi connectivity index (χ0) is 12.8. The van der Waals surface area contributed by atoms with Gasteiger partial charge in [0.25, 0.3) is 0 Å². The van der Waals surface area contributed by atoms with Crippen LogP contribution in [-0.4, -0.2) is 53.4 Å². The lowest BCUT2D eigenvalue weighted by Crippen LogP contribution is -2.54. The van der Waals surface area contributed by atoms with Gasteiger partial charge in [0.05, 0.1) is 12.1 Å². The summed E-state index contributed by atoms with van der Waals surface area (Å²) in [6, 6.07) is -0.322. The molecule has 0 saturated heterocycles. The smallest absolute Gasteiger partial charge is 0.301 e. The van der Waals surface area contributed by atoms with E-state index in [9.17, 15) is 8.42 Å². The molecule has 0 aromatic heterocycles. The number of hydrogen-bond donors (Lipinski definition) is 0. The van der Waals surface area contributed by atoms with Crippen LogP contribution in [0.3, 0.4) is 0 Å². The number of nitrogens with zero attached hydrogens (tertiary/aromatic N) is 4. The fourth-order valence-corrected chi connectivity index (χ4v) is 4.10. The van der Waals surface area contributed by atoms with Crippen LogP contribution in [0.1, 0.15) is 13.8 Å². The van der Waals surface area contributed by atoms with E-state index in [1.807, 2.05) is 26.0 Å². The van der Waals surface area contributed by atoms with Gasteiger partial charge in [0.2, 0.25) is 0 Å². The molecule has 2 aliphatic rings. The zero-order valence-corrected chi connectivity index (χ0v) is 11.3. The van der Waals surface area contributed by atoms with Gasteiger partial charge in [-0.3, -0.25) is 0 Å². The lowest BCUT2D eigenvalue weighted by molar-refractivity contribution is 0.0945. The fourth-order valence-electron chi connectivity index (χ4n) is 2.18. The first-order valence-corrected chi connectivity index (χ1v) is 6.91. The summed E-state index contributed by atoms with van der Waals surface area (Å²) in [5, 5.41) is 3.19. The van der Waals surface area contributed by atoms with Crippen molar-refractivity contribution in [2.75, 3.05) is 14.1 Å². The molecule has 2 atom stereocenters. The van der Waals surface area contributed by atoms with Gasteiger partial charge in [-0.05, 0) is 26.0 Å². The van der Waals surface area contributed by atoms with Crippen LogP contribution in [0.15, 0.2) is 24.6 Å². The van der Waals surface area contributed by atoms with E-state index >= 15 is 0 Å². The van der Waals surface area contributed by atoms with Gasteiger partial charge in [-0.15, -0.1) is 0 Å². The second-order valence-electron chi connectivity index (χ2n) is 4.36. The fraction of sp³-hybridized carbons (Fsp3) is 0.600. The Hall–Kier alpha value is -1.05. The van der Waals surface area contributed by atoms with Gasteiger partial charge in [-0.25, -0.2) is 0 Å². The first-order valence-electron chi connectivity index (χ1n) is 5.51. The van der Waals surface area contributed by atoms with Gasteiger partial charge in [-0.1, -0.05) is 8.83 Å². The Morgan fingerprint density at radius 3 is 1.47 bits per heavy atom. The Bertz CT molecular complexity index is 399. The standard InChI is InChI=1S/C10H18N4O2S/c1-9-5-7-11(3)13(9)17(15,16)14-10(2)6-8-12(14)4/h5-10H,1-4H3. The third kappa shape index (κ3) is 1.84. The third-order valence-corrected chi connectivity index (χ3v) is 5.08. The zero-order valence-electron chi connectivity index (χ0n) is 10.5. The number of hydrazine groups is 2. The van der Waals surface area contributed by atoms with Crippen LogP contribution >= 0.6 is 0 Å². The molecule has 7 heteroatoms. The first kappa shape index (κ1) is 12.4. The second-order valence-corrected chi connectivity index (χ2v) is 6.01. The minimum absolute atomic E-state index is 0.161. The van der Waals surface area contributed by atoms with Gasteiger partial charge < -0.3 is 10.0 Å². The highest BCUT2D eigenvalue weighted by atomic mass is 32.2. The molecule has 0 saturated carbocycles. The van der Waals surface area contributed by atoms with E-state index in [0.29, 0.717) is 0 Å². The molecule has 0 N–H and O–H groups in total. The van der Waals surface area contributed by atoms with E-state index < -0.39 is 10.2 Å². The Morgan fingerprint density at radius 1 is 0.882 bits per heavy atom. The molecule has 17 heavy (non-hydrogen) atoms. The summed E-state index contributed by atoms with van der Waals surface area (Å²) < 4.78 is 27.9. The maximum Gasteiger partial charge on any atom is 0.317 e. The van der Waals surface area contributed by atoms with Crippen LogP contribution in [0.25, 0.3) is 0 Å². The van der Waals surface area contributed by atoms with Crippen molar-refractivity contribution < 1.29 is 8.42 Å². The summed E-state index contributed by atoms with van der Waals surface area (Å²) in [5.41, 5.74) is 0. The molecule has 0 aromatic rings. The van der Waals surface area contributed by atoms with Gasteiger partial charge in [-0.2, -0.15) is 8.42 Å². The van der Waals surface area contributed by atoms with Crippen LogP contribution in [-0.2, 0) is 10.2 Å². The third-order valence-electron chi connectivity index (χ3n) is 2.95. The molecule has 0 fully saturated rings. The average Bonchev–Trinajstić information content (AvgIpc) is 2.71. The number of hydrogen-bond acceptors (Lipinski definition) is 4. The molecule has 0 bridgehead atoms. The predicted octanol–water partition coefficient (Wildman–Crippen LogP) is 0.360. The second kappa shape index (κ2) is 4.01. The van der Waals surface area contributed by atoms with Crippen molar-refractivity contribution in [3.63, 3.8) is 0 Å². The van der Waals surface area contributed by atoms with Crippen molar-refractivity contribution in [2.45, 2.75) is 25.9 Å². The highest BCUT2D eigenvalue weighted by Crippen LogP contribution is 2.26. The van der Waals surface area contributed by atoms with Crippen LogP contribution in [0, 0.1) is 0 Å². The van der Waals surface area contributed by atoms with Crippen molar-refractivity contribution in [1.82, 2.24) is 18.8 Å². The summed E-state index contributed by atoms with van der Waals surface area (Å²) in [4.78, 5) is 0. The lowest BCUT2D eigenvalue weighted by Gasteiger charge is -2.36. The highest BCUT2D eigenvalue weighted by molar-refractivity contribution is 7.86. The van der Waals surface area contributed by atoms with E-state index in [0.717, 1.165) is 0 Å². The van der Waals surface area contributed by atoms with Gasteiger partial charge in [0, 0.05) is 26.5 Å². The van der Waals surface area contributed by atoms with E-state index in [1.165, 1.54) is 8.83 Å². The van der Waals surface area contributed by atoms with Gasteiger partial charge in [0.1, 0.15) is 0 Å². The summed E-state index contributed by atoms with van der Waals surface area (Å²) in [7, 11) is -0.0859. The quantitative estimate of drug-likeness (QED) is 0.717. The van der Waals surface area contributed by atoms with Crippen molar-refractivity contribution >= 4 is 10.2 Å². The molecule has 2 aliphatic heterocycles. The van der Waals surface area contributed by atoms with E-state index in [-0.39, 0.29) is 12.1 Å². The SMILES string of the molecule is CC1C=CN(C)N1S(=O)(=O)N1C(C)C=CN1C. The number of rotatable bonds is 2. The molecule has 2 rings (SSSR count). The van der Waals surface area contributed by atoms with Crippen LogP contribution < -0.4 is 0 Å². The highest BCUT2D eigenvalue weighted by Gasteiger charge is 2.42. The molecule has 0 spiro atoms. The maximum atomic E-state index is 12.6. The average molecular weight is 258 g/mol. The van der Waals surface area contributed by atoms with Crippen LogP contribution in [0.4, 0.5) is 0 Å². The molecule has 0 aliphatic carbocycles. The predicted molar refractivity (Wildman–Crippen MR) is 65.3 cm³/mol. The largest absolute Gasteiger partial charge is 0.317 e. The molecule has 2 unspecified atom stereocenters. The normalized spacial score (nSPS) is 30.8. The molecule has 96 valence electrons. The van der Waals surface area contributed by atoms with E-state index in [4.69, 9.17) is 0 Å². The Labute approximate surface area is 103 Å². The maximum absolute atomic E-state index is 12.6. The molecule has 2 heterocycles. The monoisotopic (exact) mass is 258 g/mol. The minimum Gasteiger partial charge on any atom is -0.301 e. The van der Waals surface area contributed by atoms with Crippen LogP contribution in [0.2, 0.25) is 0 Å². The Morgan fingerprint density at radius 2 is 1.24 bits per heavy atom. The molecular weight excluding hydrogens is 240 g/mol. The molecule has 6 nitrogen and oxygen atoms in total. The van der Waals surface area contributed by atoms with Crippen LogP contribution in [0.5, 0.6) is 0 Å². The Balaban J connectivity index is 2.31. The van der Waals surface area contributed by atoms with Crippen molar-refractivity contribution in [1.29, 1.82) is 0 Å². The molecular formula is C10H18N4O2S. The lowest BCUT2D eigenvalue weighted by atomic mass is 10.4. The summed E-state index contributed by atoms with van der Waals surface area (Å²) in [6.45, 7) is 3.71. The summed E-state index contributed by atoms with van der Waals surface area (Å²) in [5.74, 6) is 0. The van der Waals surface area contributed by atoms with Crippen molar-refractivity contribution in [3.05, 3.63) is 24.6 Å². The summed E-state index contributed by atoms with van der Waals surface area (Å²) >= 11 is 0. The van der Waals surface area contributed by atoms with Crippen molar-refractivity contribution in [3.8, 4) is 0 Å². The summed E-state index contributed by atoms with van der Waals surface area (Å²) in [6.07, 6.45) is 7.23. The Kier molecular flexibility index (Phi) is 2.92. The molecule has 0 aromatic carbocycles. The molecule has 0 radical (unpaired) electrons. The van der Waals surface area contributed by atoms with Gasteiger partial charge >= 0.3 is 10.2 Å². The van der Waals surface area contributed by atoms with Crippen molar-refractivity contribution in [2.24, 2.45) is 0 Å². The van der Waals surface area contributed by atoms with E-state index in [1.54, 1.807) is 36.5 Å². The first-order chi connectivity index (χ1) is 7.85. The topological polar surface area (TPSA) is 47.1 Å². The van der Waals surface area contributed by atoms with Gasteiger partial charge in [0.15, 0.2) is 0 Å². The minimum atomic E-state index is -3.54.